The molecule has 0 amide bonds. The van der Waals surface area contributed by atoms with Crippen molar-refractivity contribution in [1.29, 1.82) is 0 Å². The lowest BCUT2D eigenvalue weighted by molar-refractivity contribution is 0.283. The molecule has 0 saturated heterocycles. The molecule has 0 atom stereocenters. The van der Waals surface area contributed by atoms with Gasteiger partial charge in [0.2, 0.25) is 0 Å². The van der Waals surface area contributed by atoms with Gasteiger partial charge in [0.05, 0.1) is 13.2 Å². The summed E-state index contributed by atoms with van der Waals surface area (Å²) in [7, 11) is 0. The molecular weight excluding hydrogens is 204 g/mol. The molecular formula is C13H20O3. The van der Waals surface area contributed by atoms with Crippen molar-refractivity contribution < 1.29 is 14.6 Å². The van der Waals surface area contributed by atoms with Crippen LogP contribution in [0.5, 0.6) is 11.5 Å². The van der Waals surface area contributed by atoms with Crippen LogP contribution in [0.15, 0.2) is 18.2 Å². The Kier molecular flexibility index (Phi) is 5.72. The first-order valence-corrected chi connectivity index (χ1v) is 5.81. The summed E-state index contributed by atoms with van der Waals surface area (Å²) < 4.78 is 11.1. The van der Waals surface area contributed by atoms with Crippen LogP contribution in [0.2, 0.25) is 0 Å². The second kappa shape index (κ2) is 7.12. The third-order valence-electron chi connectivity index (χ3n) is 2.27. The summed E-state index contributed by atoms with van der Waals surface area (Å²) in [6, 6.07) is 5.82. The molecule has 0 aromatic heterocycles. The first kappa shape index (κ1) is 12.8. The van der Waals surface area contributed by atoms with E-state index in [4.69, 9.17) is 14.6 Å². The normalized spacial score (nSPS) is 10.2. The van der Waals surface area contributed by atoms with Crippen LogP contribution >= 0.6 is 0 Å². The molecule has 0 fully saturated rings. The standard InChI is InChI=1S/C13H20O3/c1-3-15-12-8-5-9-13(16-4-2)11(12)7-6-10-14/h5,8-9,14H,3-4,6-7,10H2,1-2H3. The summed E-state index contributed by atoms with van der Waals surface area (Å²) in [6.07, 6.45) is 1.51. The Morgan fingerprint density at radius 3 is 2.06 bits per heavy atom. The highest BCUT2D eigenvalue weighted by molar-refractivity contribution is 5.44. The number of aliphatic hydroxyl groups is 1. The molecule has 3 heteroatoms. The van der Waals surface area contributed by atoms with E-state index in [-0.39, 0.29) is 6.61 Å². The minimum atomic E-state index is 0.187. The van der Waals surface area contributed by atoms with E-state index in [1.54, 1.807) is 0 Å². The Labute approximate surface area is 97.0 Å². The molecule has 0 radical (unpaired) electrons. The molecule has 0 aliphatic rings. The molecule has 0 bridgehead atoms. The molecule has 1 aromatic rings. The summed E-state index contributed by atoms with van der Waals surface area (Å²) >= 11 is 0. The minimum absolute atomic E-state index is 0.187. The molecule has 90 valence electrons. The molecule has 1 N–H and O–H groups in total. The smallest absolute Gasteiger partial charge is 0.126 e. The second-order valence-electron chi connectivity index (χ2n) is 3.43. The Hall–Kier alpha value is -1.22. The highest BCUT2D eigenvalue weighted by atomic mass is 16.5. The average Bonchev–Trinajstić information content (AvgIpc) is 2.29. The van der Waals surface area contributed by atoms with E-state index in [0.29, 0.717) is 13.2 Å². The fourth-order valence-electron chi connectivity index (χ4n) is 1.63. The van der Waals surface area contributed by atoms with Gasteiger partial charge in [0, 0.05) is 12.2 Å². The quantitative estimate of drug-likeness (QED) is 0.773. The van der Waals surface area contributed by atoms with Gasteiger partial charge in [0.25, 0.3) is 0 Å². The summed E-state index contributed by atoms with van der Waals surface area (Å²) in [6.45, 7) is 5.39. The van der Waals surface area contributed by atoms with Crippen LogP contribution < -0.4 is 9.47 Å². The fraction of sp³-hybridized carbons (Fsp3) is 0.538. The maximum Gasteiger partial charge on any atom is 0.126 e. The molecule has 0 aliphatic carbocycles. The van der Waals surface area contributed by atoms with Crippen molar-refractivity contribution in [2.75, 3.05) is 19.8 Å². The second-order valence-corrected chi connectivity index (χ2v) is 3.43. The largest absolute Gasteiger partial charge is 0.493 e. The van der Waals surface area contributed by atoms with Crippen molar-refractivity contribution in [3.63, 3.8) is 0 Å². The number of rotatable bonds is 7. The summed E-state index contributed by atoms with van der Waals surface area (Å²) in [4.78, 5) is 0. The highest BCUT2D eigenvalue weighted by Gasteiger charge is 2.09. The van der Waals surface area contributed by atoms with Gasteiger partial charge in [0.15, 0.2) is 0 Å². The van der Waals surface area contributed by atoms with Crippen LogP contribution in [0.4, 0.5) is 0 Å². The molecule has 3 nitrogen and oxygen atoms in total. The molecule has 0 heterocycles. The molecule has 0 saturated carbocycles. The van der Waals surface area contributed by atoms with Gasteiger partial charge in [-0.3, -0.25) is 0 Å². The first-order chi connectivity index (χ1) is 7.83. The van der Waals surface area contributed by atoms with Crippen molar-refractivity contribution in [3.05, 3.63) is 23.8 Å². The summed E-state index contributed by atoms with van der Waals surface area (Å²) in [5.74, 6) is 1.73. The SMILES string of the molecule is CCOc1cccc(OCC)c1CCCO. The van der Waals surface area contributed by atoms with Gasteiger partial charge in [0.1, 0.15) is 11.5 Å². The van der Waals surface area contributed by atoms with Crippen LogP contribution in [0.1, 0.15) is 25.8 Å². The Morgan fingerprint density at radius 2 is 1.62 bits per heavy atom. The lowest BCUT2D eigenvalue weighted by Crippen LogP contribution is -2.02. The van der Waals surface area contributed by atoms with E-state index in [9.17, 15) is 0 Å². The first-order valence-electron chi connectivity index (χ1n) is 5.81. The topological polar surface area (TPSA) is 38.7 Å². The Balaban J connectivity index is 2.92. The Bertz CT molecular complexity index is 286. The predicted molar refractivity (Wildman–Crippen MR) is 64.2 cm³/mol. The zero-order chi connectivity index (χ0) is 11.8. The Morgan fingerprint density at radius 1 is 1.06 bits per heavy atom. The molecule has 1 rings (SSSR count). The maximum atomic E-state index is 8.89. The van der Waals surface area contributed by atoms with E-state index in [0.717, 1.165) is 29.9 Å². The van der Waals surface area contributed by atoms with E-state index < -0.39 is 0 Å². The molecule has 0 unspecified atom stereocenters. The number of hydrogen-bond acceptors (Lipinski definition) is 3. The zero-order valence-electron chi connectivity index (χ0n) is 10.0. The number of aliphatic hydroxyl groups excluding tert-OH is 1. The van der Waals surface area contributed by atoms with E-state index >= 15 is 0 Å². The average molecular weight is 224 g/mol. The van der Waals surface area contributed by atoms with Crippen LogP contribution in [0.3, 0.4) is 0 Å². The third kappa shape index (κ3) is 3.42. The highest BCUT2D eigenvalue weighted by Crippen LogP contribution is 2.29. The van der Waals surface area contributed by atoms with Gasteiger partial charge in [-0.05, 0) is 38.8 Å². The minimum Gasteiger partial charge on any atom is -0.493 e. The zero-order valence-corrected chi connectivity index (χ0v) is 10.0. The molecule has 16 heavy (non-hydrogen) atoms. The van der Waals surface area contributed by atoms with E-state index in [2.05, 4.69) is 0 Å². The lowest BCUT2D eigenvalue weighted by Gasteiger charge is -2.14. The van der Waals surface area contributed by atoms with Crippen LogP contribution in [-0.4, -0.2) is 24.9 Å². The van der Waals surface area contributed by atoms with Gasteiger partial charge in [-0.15, -0.1) is 0 Å². The van der Waals surface area contributed by atoms with Crippen LogP contribution in [-0.2, 0) is 6.42 Å². The van der Waals surface area contributed by atoms with Gasteiger partial charge >= 0.3 is 0 Å². The summed E-state index contributed by atoms with van der Waals surface area (Å²) in [5, 5.41) is 8.89. The number of benzene rings is 1. The predicted octanol–water partition coefficient (Wildman–Crippen LogP) is 2.41. The van der Waals surface area contributed by atoms with Gasteiger partial charge in [-0.25, -0.2) is 0 Å². The van der Waals surface area contributed by atoms with Crippen LogP contribution in [0, 0.1) is 0 Å². The third-order valence-corrected chi connectivity index (χ3v) is 2.27. The van der Waals surface area contributed by atoms with Gasteiger partial charge in [-0.1, -0.05) is 6.07 Å². The van der Waals surface area contributed by atoms with Gasteiger partial charge < -0.3 is 14.6 Å². The fourth-order valence-corrected chi connectivity index (χ4v) is 1.63. The van der Waals surface area contributed by atoms with E-state index in [1.165, 1.54) is 0 Å². The van der Waals surface area contributed by atoms with Crippen molar-refractivity contribution in [1.82, 2.24) is 0 Å². The van der Waals surface area contributed by atoms with Crippen molar-refractivity contribution in [2.45, 2.75) is 26.7 Å². The number of hydrogen-bond donors (Lipinski definition) is 1. The molecule has 0 aliphatic heterocycles. The van der Waals surface area contributed by atoms with E-state index in [1.807, 2.05) is 32.0 Å². The van der Waals surface area contributed by atoms with Gasteiger partial charge in [-0.2, -0.15) is 0 Å². The van der Waals surface area contributed by atoms with Crippen molar-refractivity contribution in [3.8, 4) is 11.5 Å². The monoisotopic (exact) mass is 224 g/mol. The molecule has 1 aromatic carbocycles. The van der Waals surface area contributed by atoms with Crippen molar-refractivity contribution >= 4 is 0 Å². The summed E-state index contributed by atoms with van der Waals surface area (Å²) in [5.41, 5.74) is 1.06. The van der Waals surface area contributed by atoms with Crippen molar-refractivity contribution in [2.24, 2.45) is 0 Å². The molecule has 0 spiro atoms. The maximum absolute atomic E-state index is 8.89. The lowest BCUT2D eigenvalue weighted by atomic mass is 10.1. The van der Waals surface area contributed by atoms with Crippen LogP contribution in [0.25, 0.3) is 0 Å². The number of ether oxygens (including phenoxy) is 2.